The van der Waals surface area contributed by atoms with Gasteiger partial charge in [-0.1, -0.05) is 6.08 Å². The van der Waals surface area contributed by atoms with Crippen molar-refractivity contribution in [2.75, 3.05) is 0 Å². The number of carbonyl (C=O) groups is 1. The van der Waals surface area contributed by atoms with E-state index >= 15 is 0 Å². The summed E-state index contributed by atoms with van der Waals surface area (Å²) in [6, 6.07) is 0. The highest BCUT2D eigenvalue weighted by Crippen LogP contribution is 2.04. The van der Waals surface area contributed by atoms with E-state index in [2.05, 4.69) is 5.32 Å². The molecule has 1 aliphatic heterocycles. The van der Waals surface area contributed by atoms with E-state index in [-0.39, 0.29) is 12.1 Å². The largest absolute Gasteiger partial charge is 0.478 e. The predicted octanol–water partition coefficient (Wildman–Crippen LogP) is 0.383. The van der Waals surface area contributed by atoms with Crippen LogP contribution in [0.25, 0.3) is 0 Å². The number of ether oxygens (including phenoxy) is 1. The molecule has 1 rings (SSSR count). The van der Waals surface area contributed by atoms with Gasteiger partial charge in [-0.2, -0.15) is 0 Å². The summed E-state index contributed by atoms with van der Waals surface area (Å²) in [5.41, 5.74) is 0. The zero-order chi connectivity index (χ0) is 6.69. The van der Waals surface area contributed by atoms with Crippen molar-refractivity contribution < 1.29 is 9.53 Å². The summed E-state index contributed by atoms with van der Waals surface area (Å²) < 4.78 is 4.99. The number of allylic oxidation sites excluding steroid dienone is 1. The number of hydrogen-bond donors (Lipinski definition) is 1. The summed E-state index contributed by atoms with van der Waals surface area (Å²) in [5, 5.41) is 2.57. The van der Waals surface area contributed by atoms with Crippen LogP contribution in [0, 0.1) is 0 Å². The normalized spacial score (nSPS) is 25.4. The number of carbonyl (C=O) groups excluding carboxylic acids is 1. The first-order valence-corrected chi connectivity index (χ1v) is 2.89. The lowest BCUT2D eigenvalue weighted by molar-refractivity contribution is -0.136. The molecular weight excluding hydrogens is 118 g/mol. The van der Waals surface area contributed by atoms with Crippen LogP contribution in [0.2, 0.25) is 0 Å². The Morgan fingerprint density at radius 2 is 2.56 bits per heavy atom. The van der Waals surface area contributed by atoms with Crippen molar-refractivity contribution in [2.45, 2.75) is 19.6 Å². The van der Waals surface area contributed by atoms with Gasteiger partial charge < -0.3 is 10.1 Å². The molecule has 1 unspecified atom stereocenters. The van der Waals surface area contributed by atoms with Gasteiger partial charge in [0.25, 0.3) is 0 Å². The van der Waals surface area contributed by atoms with E-state index in [0.717, 1.165) is 0 Å². The molecule has 0 aliphatic carbocycles. The first kappa shape index (κ1) is 6.13. The molecule has 0 aromatic rings. The molecule has 1 N–H and O–H groups in total. The fraction of sp³-hybridized carbons (Fsp3) is 0.500. The highest BCUT2D eigenvalue weighted by Gasteiger charge is 2.25. The maximum Gasteiger partial charge on any atom is 0.228 e. The Morgan fingerprint density at radius 1 is 1.89 bits per heavy atom. The number of β-lactam (4-membered cyclic amide) rings is 1. The molecule has 0 saturated carbocycles. The monoisotopic (exact) mass is 127 g/mol. The Hall–Kier alpha value is -0.990. The quantitative estimate of drug-likeness (QED) is 0.430. The Balaban J connectivity index is 2.10. The van der Waals surface area contributed by atoms with Gasteiger partial charge in [0.2, 0.25) is 5.91 Å². The van der Waals surface area contributed by atoms with Crippen LogP contribution in [-0.4, -0.2) is 12.1 Å². The molecule has 1 amide bonds. The summed E-state index contributed by atoms with van der Waals surface area (Å²) in [5.74, 6) is 0.0597. The van der Waals surface area contributed by atoms with Gasteiger partial charge in [-0.15, -0.1) is 0 Å². The molecule has 1 atom stereocenters. The van der Waals surface area contributed by atoms with Crippen molar-refractivity contribution >= 4 is 5.91 Å². The standard InChI is InChI=1S/C6H9NO2/c1-2-3-9-6-4-5(8)7-6/h2-3,6H,4H2,1H3,(H,7,8)/b3-2+. The zero-order valence-corrected chi connectivity index (χ0v) is 5.26. The van der Waals surface area contributed by atoms with Crippen molar-refractivity contribution in [3.8, 4) is 0 Å². The molecule has 3 heteroatoms. The van der Waals surface area contributed by atoms with Gasteiger partial charge in [0.05, 0.1) is 12.7 Å². The van der Waals surface area contributed by atoms with E-state index in [4.69, 9.17) is 4.74 Å². The molecule has 9 heavy (non-hydrogen) atoms. The number of amides is 1. The van der Waals surface area contributed by atoms with Crippen LogP contribution in [0.1, 0.15) is 13.3 Å². The topological polar surface area (TPSA) is 38.3 Å². The molecule has 0 radical (unpaired) electrons. The van der Waals surface area contributed by atoms with E-state index < -0.39 is 0 Å². The smallest absolute Gasteiger partial charge is 0.228 e. The van der Waals surface area contributed by atoms with Gasteiger partial charge in [-0.3, -0.25) is 4.79 Å². The van der Waals surface area contributed by atoms with Gasteiger partial charge in [0.15, 0.2) is 6.23 Å². The van der Waals surface area contributed by atoms with E-state index in [9.17, 15) is 4.79 Å². The second-order valence-electron chi connectivity index (χ2n) is 1.87. The SMILES string of the molecule is C/C=C/OC1CC(=O)N1. The maximum atomic E-state index is 10.3. The summed E-state index contributed by atoms with van der Waals surface area (Å²) >= 11 is 0. The molecule has 0 aromatic heterocycles. The molecule has 0 aromatic carbocycles. The number of nitrogens with one attached hydrogen (secondary N) is 1. The van der Waals surface area contributed by atoms with Crippen LogP contribution in [0.4, 0.5) is 0 Å². The first-order chi connectivity index (χ1) is 4.33. The average molecular weight is 127 g/mol. The van der Waals surface area contributed by atoms with E-state index in [1.54, 1.807) is 12.3 Å². The van der Waals surface area contributed by atoms with Crippen molar-refractivity contribution in [1.29, 1.82) is 0 Å². The van der Waals surface area contributed by atoms with Gasteiger partial charge >= 0.3 is 0 Å². The second-order valence-corrected chi connectivity index (χ2v) is 1.87. The molecular formula is C6H9NO2. The third-order valence-electron chi connectivity index (χ3n) is 1.07. The molecule has 1 fully saturated rings. The highest BCUT2D eigenvalue weighted by molar-refractivity contribution is 5.82. The molecule has 0 bridgehead atoms. The van der Waals surface area contributed by atoms with Crippen LogP contribution in [0.5, 0.6) is 0 Å². The Morgan fingerprint density at radius 3 is 3.00 bits per heavy atom. The molecule has 1 saturated heterocycles. The predicted molar refractivity (Wildman–Crippen MR) is 32.4 cm³/mol. The minimum Gasteiger partial charge on any atom is -0.478 e. The molecule has 3 nitrogen and oxygen atoms in total. The fourth-order valence-corrected chi connectivity index (χ4v) is 0.582. The second kappa shape index (κ2) is 2.53. The lowest BCUT2D eigenvalue weighted by atomic mass is 10.2. The third-order valence-corrected chi connectivity index (χ3v) is 1.07. The van der Waals surface area contributed by atoms with Crippen LogP contribution < -0.4 is 5.32 Å². The van der Waals surface area contributed by atoms with Crippen LogP contribution in [-0.2, 0) is 9.53 Å². The Bertz CT molecular complexity index is 134. The summed E-state index contributed by atoms with van der Waals surface area (Å²) in [6.07, 6.45) is 3.77. The summed E-state index contributed by atoms with van der Waals surface area (Å²) in [7, 11) is 0. The van der Waals surface area contributed by atoms with Crippen LogP contribution >= 0.6 is 0 Å². The van der Waals surface area contributed by atoms with Crippen molar-refractivity contribution in [1.82, 2.24) is 5.32 Å². The van der Waals surface area contributed by atoms with E-state index in [0.29, 0.717) is 6.42 Å². The third kappa shape index (κ3) is 1.45. The first-order valence-electron chi connectivity index (χ1n) is 2.89. The van der Waals surface area contributed by atoms with Crippen LogP contribution in [0.15, 0.2) is 12.3 Å². The van der Waals surface area contributed by atoms with Crippen LogP contribution in [0.3, 0.4) is 0 Å². The average Bonchev–Trinajstić information content (AvgIpc) is 1.78. The molecule has 1 heterocycles. The van der Waals surface area contributed by atoms with Gasteiger partial charge in [0.1, 0.15) is 0 Å². The molecule has 1 aliphatic rings. The summed E-state index contributed by atoms with van der Waals surface area (Å²) in [4.78, 5) is 10.3. The highest BCUT2D eigenvalue weighted by atomic mass is 16.5. The lowest BCUT2D eigenvalue weighted by Gasteiger charge is -2.25. The van der Waals surface area contributed by atoms with Gasteiger partial charge in [-0.05, 0) is 6.92 Å². The van der Waals surface area contributed by atoms with E-state index in [1.807, 2.05) is 6.92 Å². The number of hydrogen-bond acceptors (Lipinski definition) is 2. The Kier molecular flexibility index (Phi) is 1.72. The van der Waals surface area contributed by atoms with Crippen molar-refractivity contribution in [3.05, 3.63) is 12.3 Å². The molecule has 50 valence electrons. The van der Waals surface area contributed by atoms with Gasteiger partial charge in [-0.25, -0.2) is 0 Å². The van der Waals surface area contributed by atoms with Gasteiger partial charge in [0, 0.05) is 0 Å². The Labute approximate surface area is 53.7 Å². The maximum absolute atomic E-state index is 10.3. The fourth-order valence-electron chi connectivity index (χ4n) is 0.582. The van der Waals surface area contributed by atoms with Crippen molar-refractivity contribution in [2.24, 2.45) is 0 Å². The lowest BCUT2D eigenvalue weighted by Crippen LogP contribution is -2.49. The number of rotatable bonds is 2. The molecule has 0 spiro atoms. The minimum absolute atomic E-state index is 0.0597. The summed E-state index contributed by atoms with van der Waals surface area (Å²) in [6.45, 7) is 1.86. The zero-order valence-electron chi connectivity index (χ0n) is 5.26. The van der Waals surface area contributed by atoms with Crippen molar-refractivity contribution in [3.63, 3.8) is 0 Å². The van der Waals surface area contributed by atoms with E-state index in [1.165, 1.54) is 0 Å². The minimum atomic E-state index is -0.0753.